The molecule has 0 bridgehead atoms. The summed E-state index contributed by atoms with van der Waals surface area (Å²) in [4.78, 5) is 7.14. The lowest BCUT2D eigenvalue weighted by Gasteiger charge is -2.12. The van der Waals surface area contributed by atoms with Crippen LogP contribution in [0.2, 0.25) is 0 Å². The minimum atomic E-state index is -3.48. The summed E-state index contributed by atoms with van der Waals surface area (Å²) in [5, 5.41) is 3.11. The average Bonchev–Trinajstić information content (AvgIpc) is 2.96. The van der Waals surface area contributed by atoms with Crippen molar-refractivity contribution in [2.24, 2.45) is 0 Å². The van der Waals surface area contributed by atoms with Crippen LogP contribution in [0.15, 0.2) is 41.7 Å². The van der Waals surface area contributed by atoms with Crippen LogP contribution in [0.1, 0.15) is 19.0 Å². The van der Waals surface area contributed by atoms with E-state index in [9.17, 15) is 8.42 Å². The highest BCUT2D eigenvalue weighted by molar-refractivity contribution is 7.89. The van der Waals surface area contributed by atoms with E-state index in [2.05, 4.69) is 20.0 Å². The first-order valence-corrected chi connectivity index (χ1v) is 7.91. The second-order valence-electron chi connectivity index (χ2n) is 4.32. The fourth-order valence-electron chi connectivity index (χ4n) is 1.73. The summed E-state index contributed by atoms with van der Waals surface area (Å²) in [6.45, 7) is 2.84. The summed E-state index contributed by atoms with van der Waals surface area (Å²) in [6.07, 6.45) is 4.03. The highest BCUT2D eigenvalue weighted by Crippen LogP contribution is 2.21. The number of imidazole rings is 1. The first-order valence-electron chi connectivity index (χ1n) is 6.43. The van der Waals surface area contributed by atoms with Crippen molar-refractivity contribution >= 4 is 15.7 Å². The molecule has 0 atom stereocenters. The Kier molecular flexibility index (Phi) is 4.75. The SMILES string of the molecule is CCCNS(=O)(=O)c1ccccc1NCc1cnc[nH]1. The number of anilines is 1. The Morgan fingerprint density at radius 3 is 2.80 bits per heavy atom. The highest BCUT2D eigenvalue weighted by Gasteiger charge is 2.17. The van der Waals surface area contributed by atoms with Gasteiger partial charge in [-0.05, 0) is 18.6 Å². The third-order valence-electron chi connectivity index (χ3n) is 2.74. The number of benzene rings is 1. The quantitative estimate of drug-likeness (QED) is 0.725. The van der Waals surface area contributed by atoms with Gasteiger partial charge in [0.1, 0.15) is 4.90 Å². The van der Waals surface area contributed by atoms with Gasteiger partial charge in [0, 0.05) is 12.7 Å². The molecule has 0 amide bonds. The molecular formula is C13H18N4O2S. The fraction of sp³-hybridized carbons (Fsp3) is 0.308. The van der Waals surface area contributed by atoms with Crippen molar-refractivity contribution in [1.29, 1.82) is 0 Å². The van der Waals surface area contributed by atoms with Gasteiger partial charge in [-0.2, -0.15) is 0 Å². The molecule has 0 spiro atoms. The molecule has 0 radical (unpaired) electrons. The number of aromatic amines is 1. The third-order valence-corrected chi connectivity index (χ3v) is 4.26. The number of nitrogens with one attached hydrogen (secondary N) is 3. The van der Waals surface area contributed by atoms with Crippen molar-refractivity contribution < 1.29 is 8.42 Å². The number of aromatic nitrogens is 2. The molecule has 0 saturated heterocycles. The molecule has 0 aliphatic heterocycles. The van der Waals surface area contributed by atoms with E-state index < -0.39 is 10.0 Å². The van der Waals surface area contributed by atoms with Crippen LogP contribution >= 0.6 is 0 Å². The molecule has 20 heavy (non-hydrogen) atoms. The smallest absolute Gasteiger partial charge is 0.242 e. The topological polar surface area (TPSA) is 86.9 Å². The van der Waals surface area contributed by atoms with Gasteiger partial charge in [-0.1, -0.05) is 19.1 Å². The summed E-state index contributed by atoms with van der Waals surface area (Å²) in [6, 6.07) is 6.85. The Hall–Kier alpha value is -1.86. The summed E-state index contributed by atoms with van der Waals surface area (Å²) in [5.41, 5.74) is 1.46. The van der Waals surface area contributed by atoms with Crippen LogP contribution in [-0.2, 0) is 16.6 Å². The average molecular weight is 294 g/mol. The Labute approximate surface area is 118 Å². The minimum absolute atomic E-state index is 0.257. The molecule has 0 saturated carbocycles. The Morgan fingerprint density at radius 1 is 1.30 bits per heavy atom. The van der Waals surface area contributed by atoms with Crippen LogP contribution in [0.25, 0.3) is 0 Å². The summed E-state index contributed by atoms with van der Waals surface area (Å²) in [7, 11) is -3.48. The first kappa shape index (κ1) is 14.5. The van der Waals surface area contributed by atoms with Crippen molar-refractivity contribution in [1.82, 2.24) is 14.7 Å². The van der Waals surface area contributed by atoms with Crippen LogP contribution in [-0.4, -0.2) is 24.9 Å². The van der Waals surface area contributed by atoms with Crippen LogP contribution in [0, 0.1) is 0 Å². The van der Waals surface area contributed by atoms with E-state index in [-0.39, 0.29) is 4.90 Å². The summed E-state index contributed by atoms with van der Waals surface area (Å²) >= 11 is 0. The largest absolute Gasteiger partial charge is 0.378 e. The molecule has 1 aromatic carbocycles. The van der Waals surface area contributed by atoms with Crippen LogP contribution in [0.3, 0.4) is 0 Å². The van der Waals surface area contributed by atoms with Crippen molar-refractivity contribution in [3.05, 3.63) is 42.5 Å². The van der Waals surface area contributed by atoms with Crippen molar-refractivity contribution in [3.63, 3.8) is 0 Å². The molecule has 2 aromatic rings. The zero-order chi connectivity index (χ0) is 14.4. The third kappa shape index (κ3) is 3.58. The molecule has 6 nitrogen and oxygen atoms in total. The second-order valence-corrected chi connectivity index (χ2v) is 6.06. The van der Waals surface area contributed by atoms with Gasteiger partial charge in [-0.15, -0.1) is 0 Å². The van der Waals surface area contributed by atoms with Crippen molar-refractivity contribution in [2.75, 3.05) is 11.9 Å². The van der Waals surface area contributed by atoms with E-state index >= 15 is 0 Å². The summed E-state index contributed by atoms with van der Waals surface area (Å²) < 4.78 is 27.0. The van der Waals surface area contributed by atoms with E-state index in [1.54, 1.807) is 36.8 Å². The fourth-order valence-corrected chi connectivity index (χ4v) is 3.05. The zero-order valence-electron chi connectivity index (χ0n) is 11.3. The second kappa shape index (κ2) is 6.53. The van der Waals surface area contributed by atoms with Crippen molar-refractivity contribution in [3.8, 4) is 0 Å². The van der Waals surface area contributed by atoms with E-state index in [1.165, 1.54) is 0 Å². The predicted octanol–water partition coefficient (Wildman–Crippen LogP) is 1.71. The van der Waals surface area contributed by atoms with Gasteiger partial charge in [-0.25, -0.2) is 18.1 Å². The zero-order valence-corrected chi connectivity index (χ0v) is 12.1. The summed E-state index contributed by atoms with van der Waals surface area (Å²) in [5.74, 6) is 0. The normalized spacial score (nSPS) is 11.4. The van der Waals surface area contributed by atoms with Gasteiger partial charge in [0.15, 0.2) is 0 Å². The Balaban J connectivity index is 2.17. The van der Waals surface area contributed by atoms with Gasteiger partial charge in [0.05, 0.1) is 24.3 Å². The molecule has 0 aliphatic rings. The van der Waals surface area contributed by atoms with Crippen molar-refractivity contribution in [2.45, 2.75) is 24.8 Å². The number of sulfonamides is 1. The predicted molar refractivity (Wildman–Crippen MR) is 77.8 cm³/mol. The number of hydrogen-bond donors (Lipinski definition) is 3. The lowest BCUT2D eigenvalue weighted by molar-refractivity contribution is 0.581. The number of H-pyrrole nitrogens is 1. The van der Waals surface area contributed by atoms with Crippen LogP contribution in [0.4, 0.5) is 5.69 Å². The van der Waals surface area contributed by atoms with E-state index in [4.69, 9.17) is 0 Å². The van der Waals surface area contributed by atoms with Gasteiger partial charge in [0.2, 0.25) is 10.0 Å². The number of hydrogen-bond acceptors (Lipinski definition) is 4. The molecule has 108 valence electrons. The van der Waals surface area contributed by atoms with Gasteiger partial charge in [0.25, 0.3) is 0 Å². The molecule has 0 unspecified atom stereocenters. The minimum Gasteiger partial charge on any atom is -0.378 e. The maximum atomic E-state index is 12.2. The van der Waals surface area contributed by atoms with Gasteiger partial charge in [-0.3, -0.25) is 0 Å². The molecule has 3 N–H and O–H groups in total. The molecule has 1 aromatic heterocycles. The van der Waals surface area contributed by atoms with Gasteiger partial charge < -0.3 is 10.3 Å². The van der Waals surface area contributed by atoms with Gasteiger partial charge >= 0.3 is 0 Å². The number of nitrogens with zero attached hydrogens (tertiary/aromatic N) is 1. The maximum Gasteiger partial charge on any atom is 0.242 e. The molecular weight excluding hydrogens is 276 g/mol. The molecule has 2 rings (SSSR count). The molecule has 7 heteroatoms. The maximum absolute atomic E-state index is 12.2. The lowest BCUT2D eigenvalue weighted by atomic mass is 10.3. The number of rotatable bonds is 7. The molecule has 0 aliphatic carbocycles. The Morgan fingerprint density at radius 2 is 2.10 bits per heavy atom. The van der Waals surface area contributed by atoms with Crippen LogP contribution in [0.5, 0.6) is 0 Å². The van der Waals surface area contributed by atoms with E-state index in [0.717, 1.165) is 12.1 Å². The highest BCUT2D eigenvalue weighted by atomic mass is 32.2. The lowest BCUT2D eigenvalue weighted by Crippen LogP contribution is -2.25. The molecule has 1 heterocycles. The number of para-hydroxylation sites is 1. The van der Waals surface area contributed by atoms with E-state index in [1.807, 2.05) is 6.92 Å². The first-order chi connectivity index (χ1) is 9.63. The standard InChI is InChI=1S/C13H18N4O2S/c1-2-7-17-20(18,19)13-6-4-3-5-12(13)15-9-11-8-14-10-16-11/h3-6,8,10,15,17H,2,7,9H2,1H3,(H,14,16). The monoisotopic (exact) mass is 294 g/mol. The van der Waals surface area contributed by atoms with Crippen LogP contribution < -0.4 is 10.0 Å². The molecule has 0 fully saturated rings. The van der Waals surface area contributed by atoms with E-state index in [0.29, 0.717) is 18.8 Å². The Bertz CT molecular complexity index is 638.